The second-order valence-electron chi connectivity index (χ2n) is 5.13. The number of hydrogen-bond acceptors (Lipinski definition) is 2. The van der Waals surface area contributed by atoms with Crippen LogP contribution in [0.4, 0.5) is 0 Å². The Kier molecular flexibility index (Phi) is 4.15. The molecular formula is C16H20N2S. The summed E-state index contributed by atoms with van der Waals surface area (Å²) in [6.07, 6.45) is 1.05. The molecule has 0 spiro atoms. The summed E-state index contributed by atoms with van der Waals surface area (Å²) in [6.45, 7) is 8.51. The van der Waals surface area contributed by atoms with Gasteiger partial charge in [-0.3, -0.25) is 0 Å². The molecule has 2 aromatic rings. The smallest absolute Gasteiger partial charge is 0.139 e. The van der Waals surface area contributed by atoms with E-state index in [0.29, 0.717) is 10.6 Å². The molecule has 1 N–H and O–H groups in total. The first-order valence-electron chi connectivity index (χ1n) is 6.73. The Bertz CT molecular complexity index is 624. The van der Waals surface area contributed by atoms with E-state index < -0.39 is 0 Å². The van der Waals surface area contributed by atoms with Gasteiger partial charge >= 0.3 is 0 Å². The Morgan fingerprint density at radius 1 is 1.21 bits per heavy atom. The largest absolute Gasteiger partial charge is 0.343 e. The Hall–Kier alpha value is -1.48. The monoisotopic (exact) mass is 272 g/mol. The summed E-state index contributed by atoms with van der Waals surface area (Å²) in [6, 6.07) is 8.47. The molecule has 3 heteroatoms. The van der Waals surface area contributed by atoms with E-state index in [1.807, 2.05) is 0 Å². The molecule has 19 heavy (non-hydrogen) atoms. The molecule has 100 valence electrons. The van der Waals surface area contributed by atoms with E-state index >= 15 is 0 Å². The van der Waals surface area contributed by atoms with Crippen LogP contribution in [0.25, 0.3) is 11.4 Å². The fraction of sp³-hybridized carbons (Fsp3) is 0.375. The molecule has 0 saturated carbocycles. The molecular weight excluding hydrogens is 252 g/mol. The molecule has 0 aliphatic rings. The van der Waals surface area contributed by atoms with E-state index in [4.69, 9.17) is 12.2 Å². The molecule has 0 aliphatic carbocycles. The topological polar surface area (TPSA) is 28.7 Å². The van der Waals surface area contributed by atoms with Crippen LogP contribution in [0.5, 0.6) is 0 Å². The van der Waals surface area contributed by atoms with Crippen molar-refractivity contribution in [2.45, 2.75) is 40.0 Å². The minimum absolute atomic E-state index is 0.396. The summed E-state index contributed by atoms with van der Waals surface area (Å²) in [5.74, 6) is 1.25. The number of rotatable bonds is 3. The lowest BCUT2D eigenvalue weighted by atomic mass is 10.0. The zero-order valence-corrected chi connectivity index (χ0v) is 12.8. The summed E-state index contributed by atoms with van der Waals surface area (Å²) in [4.78, 5) is 7.91. The lowest BCUT2D eigenvalue weighted by Crippen LogP contribution is -2.01. The van der Waals surface area contributed by atoms with Gasteiger partial charge in [0, 0.05) is 16.8 Å². The van der Waals surface area contributed by atoms with Crippen molar-refractivity contribution in [2.24, 2.45) is 0 Å². The van der Waals surface area contributed by atoms with E-state index in [1.54, 1.807) is 0 Å². The van der Waals surface area contributed by atoms with E-state index in [2.05, 4.69) is 61.9 Å². The highest BCUT2D eigenvalue weighted by molar-refractivity contribution is 7.71. The molecule has 0 aliphatic heterocycles. The van der Waals surface area contributed by atoms with Crippen molar-refractivity contribution in [2.75, 3.05) is 0 Å². The average Bonchev–Trinajstić information content (AvgIpc) is 2.37. The van der Waals surface area contributed by atoms with Crippen LogP contribution in [-0.4, -0.2) is 9.97 Å². The molecule has 0 unspecified atom stereocenters. The van der Waals surface area contributed by atoms with Gasteiger partial charge in [0.15, 0.2) is 0 Å². The number of nitrogens with zero attached hydrogens (tertiary/aromatic N) is 1. The van der Waals surface area contributed by atoms with Crippen LogP contribution in [0.1, 0.15) is 43.5 Å². The first-order valence-corrected chi connectivity index (χ1v) is 7.13. The number of benzene rings is 1. The van der Waals surface area contributed by atoms with Gasteiger partial charge in [0.25, 0.3) is 0 Å². The van der Waals surface area contributed by atoms with Crippen LogP contribution >= 0.6 is 12.2 Å². The van der Waals surface area contributed by atoms with Crippen LogP contribution in [0.15, 0.2) is 24.3 Å². The van der Waals surface area contributed by atoms with Crippen molar-refractivity contribution >= 4 is 12.2 Å². The van der Waals surface area contributed by atoms with Gasteiger partial charge in [-0.15, -0.1) is 0 Å². The lowest BCUT2D eigenvalue weighted by Gasteiger charge is -2.12. The molecule has 0 saturated heterocycles. The number of aromatic amines is 1. The fourth-order valence-corrected chi connectivity index (χ4v) is 2.79. The minimum Gasteiger partial charge on any atom is -0.343 e. The van der Waals surface area contributed by atoms with Crippen LogP contribution in [0.3, 0.4) is 0 Å². The fourth-order valence-electron chi connectivity index (χ4n) is 2.31. The van der Waals surface area contributed by atoms with E-state index in [0.717, 1.165) is 29.1 Å². The van der Waals surface area contributed by atoms with Crippen molar-refractivity contribution in [3.8, 4) is 11.4 Å². The third-order valence-electron chi connectivity index (χ3n) is 3.37. The molecule has 0 bridgehead atoms. The predicted molar refractivity (Wildman–Crippen MR) is 83.1 cm³/mol. The van der Waals surface area contributed by atoms with Crippen molar-refractivity contribution in [1.29, 1.82) is 0 Å². The first kappa shape index (κ1) is 13.9. The van der Waals surface area contributed by atoms with Crippen LogP contribution in [-0.2, 0) is 6.42 Å². The lowest BCUT2D eigenvalue weighted by molar-refractivity contribution is 0.825. The van der Waals surface area contributed by atoms with Gasteiger partial charge < -0.3 is 4.98 Å². The van der Waals surface area contributed by atoms with Gasteiger partial charge in [0.05, 0.1) is 0 Å². The summed E-state index contributed by atoms with van der Waals surface area (Å²) in [5.41, 5.74) is 4.67. The van der Waals surface area contributed by atoms with Gasteiger partial charge in [-0.25, -0.2) is 4.98 Å². The van der Waals surface area contributed by atoms with Gasteiger partial charge in [0.1, 0.15) is 10.5 Å². The zero-order chi connectivity index (χ0) is 14.0. The standard InChI is InChI=1S/C16H20N2S/c1-5-12-6-8-13(9-7-12)15-17-11(4)14(10(2)3)16(19)18-15/h6-10H,5H2,1-4H3,(H,17,18,19). The van der Waals surface area contributed by atoms with Crippen molar-refractivity contribution in [3.05, 3.63) is 45.7 Å². The third-order valence-corrected chi connectivity index (χ3v) is 3.68. The SMILES string of the molecule is CCc1ccc(-c2nc(=S)c(C(C)C)c(C)[nH]2)cc1. The molecule has 0 radical (unpaired) electrons. The van der Waals surface area contributed by atoms with Crippen molar-refractivity contribution < 1.29 is 0 Å². The maximum Gasteiger partial charge on any atom is 0.139 e. The Labute approximate surface area is 119 Å². The minimum atomic E-state index is 0.396. The summed E-state index contributed by atoms with van der Waals surface area (Å²) in [7, 11) is 0. The number of hydrogen-bond donors (Lipinski definition) is 1. The number of nitrogens with one attached hydrogen (secondary N) is 1. The summed E-state index contributed by atoms with van der Waals surface area (Å²) >= 11 is 5.42. The van der Waals surface area contributed by atoms with Crippen LogP contribution in [0, 0.1) is 11.6 Å². The van der Waals surface area contributed by atoms with Crippen molar-refractivity contribution in [3.63, 3.8) is 0 Å². The van der Waals surface area contributed by atoms with E-state index in [1.165, 1.54) is 5.56 Å². The average molecular weight is 272 g/mol. The van der Waals surface area contributed by atoms with E-state index in [9.17, 15) is 0 Å². The maximum absolute atomic E-state index is 5.42. The molecule has 1 aromatic heterocycles. The highest BCUT2D eigenvalue weighted by atomic mass is 32.1. The molecule has 0 fully saturated rings. The molecule has 0 amide bonds. The van der Waals surface area contributed by atoms with Crippen molar-refractivity contribution in [1.82, 2.24) is 9.97 Å². The first-order chi connectivity index (χ1) is 9.02. The summed E-state index contributed by atoms with van der Waals surface area (Å²) < 4.78 is 0.709. The summed E-state index contributed by atoms with van der Waals surface area (Å²) in [5, 5.41) is 0. The van der Waals surface area contributed by atoms with Gasteiger partial charge in [-0.2, -0.15) is 0 Å². The normalized spacial score (nSPS) is 11.0. The van der Waals surface area contributed by atoms with Crippen LogP contribution in [0.2, 0.25) is 0 Å². The Morgan fingerprint density at radius 3 is 2.32 bits per heavy atom. The van der Waals surface area contributed by atoms with Gasteiger partial charge in [-0.1, -0.05) is 57.3 Å². The predicted octanol–water partition coefficient (Wildman–Crippen LogP) is 4.80. The number of aromatic nitrogens is 2. The molecule has 0 atom stereocenters. The molecule has 1 aromatic carbocycles. The van der Waals surface area contributed by atoms with Crippen LogP contribution < -0.4 is 0 Å². The Morgan fingerprint density at radius 2 is 1.84 bits per heavy atom. The third kappa shape index (κ3) is 2.92. The zero-order valence-electron chi connectivity index (χ0n) is 11.9. The highest BCUT2D eigenvalue weighted by Gasteiger charge is 2.10. The van der Waals surface area contributed by atoms with E-state index in [-0.39, 0.29) is 0 Å². The highest BCUT2D eigenvalue weighted by Crippen LogP contribution is 2.22. The maximum atomic E-state index is 5.42. The number of H-pyrrole nitrogens is 1. The second kappa shape index (κ2) is 5.66. The molecule has 1 heterocycles. The quantitative estimate of drug-likeness (QED) is 0.813. The molecule has 2 nitrogen and oxygen atoms in total. The number of aryl methyl sites for hydroxylation is 2. The Balaban J connectivity index is 2.49. The second-order valence-corrected chi connectivity index (χ2v) is 5.52. The van der Waals surface area contributed by atoms with Gasteiger partial charge in [-0.05, 0) is 24.8 Å². The molecule has 2 rings (SSSR count). The van der Waals surface area contributed by atoms with Gasteiger partial charge in [0.2, 0.25) is 0 Å².